The summed E-state index contributed by atoms with van der Waals surface area (Å²) in [5.74, 6) is 0.810. The van der Waals surface area contributed by atoms with Crippen LogP contribution in [-0.2, 0) is 6.42 Å². The average molecular weight is 523 g/mol. The minimum Gasteiger partial charge on any atom is -0.348 e. The fraction of sp³-hybridized carbons (Fsp3) is 0.458. The van der Waals surface area contributed by atoms with Crippen molar-refractivity contribution in [1.29, 1.82) is 0 Å². The number of likely N-dealkylation sites (tertiary alicyclic amines) is 1. The normalized spacial score (nSPS) is 23.2. The first-order valence-electron chi connectivity index (χ1n) is 10.6. The minimum absolute atomic E-state index is 0.0657. The Morgan fingerprint density at radius 2 is 1.69 bits per heavy atom. The van der Waals surface area contributed by atoms with E-state index in [1.807, 2.05) is 36.4 Å². The third-order valence-corrected chi connectivity index (χ3v) is 7.43. The predicted molar refractivity (Wildman–Crippen MR) is 128 cm³/mol. The highest BCUT2D eigenvalue weighted by Crippen LogP contribution is 2.30. The second kappa shape index (κ2) is 9.80. The summed E-state index contributed by atoms with van der Waals surface area (Å²) in [6, 6.07) is 16.9. The zero-order valence-electron chi connectivity index (χ0n) is 16.6. The van der Waals surface area contributed by atoms with Crippen LogP contribution in [0.1, 0.15) is 48.0 Å². The second-order valence-corrected chi connectivity index (χ2v) is 10.1. The highest BCUT2D eigenvalue weighted by Gasteiger charge is 2.35. The fourth-order valence-electron chi connectivity index (χ4n) is 4.84. The van der Waals surface area contributed by atoms with Crippen molar-refractivity contribution < 1.29 is 4.79 Å². The molecule has 2 aromatic carbocycles. The molecule has 0 bridgehead atoms. The summed E-state index contributed by atoms with van der Waals surface area (Å²) in [4.78, 5) is 15.3. The molecular weight excluding hydrogens is 495 g/mol. The molecule has 1 N–H and O–H groups in total. The Morgan fingerprint density at radius 3 is 2.38 bits per heavy atom. The van der Waals surface area contributed by atoms with Crippen LogP contribution >= 0.6 is 34.2 Å². The SMILES string of the molecule is O=C(N[C@@H]1CCC[C@H]1N1CCC(Cc2ccc(Cl)cc2)CC1)c1ccc(I)cc1. The molecule has 2 atom stereocenters. The maximum Gasteiger partial charge on any atom is 0.251 e. The Balaban J connectivity index is 1.30. The van der Waals surface area contributed by atoms with E-state index in [-0.39, 0.29) is 11.9 Å². The van der Waals surface area contributed by atoms with Crippen LogP contribution in [-0.4, -0.2) is 36.0 Å². The van der Waals surface area contributed by atoms with Gasteiger partial charge in [0.1, 0.15) is 0 Å². The Kier molecular flexibility index (Phi) is 7.14. The first-order chi connectivity index (χ1) is 14.1. The number of hydrogen-bond acceptors (Lipinski definition) is 2. The lowest BCUT2D eigenvalue weighted by Gasteiger charge is -2.38. The molecule has 3 nitrogen and oxygen atoms in total. The molecule has 29 heavy (non-hydrogen) atoms. The molecule has 4 rings (SSSR count). The lowest BCUT2D eigenvalue weighted by molar-refractivity contribution is 0.0862. The van der Waals surface area contributed by atoms with Crippen molar-refractivity contribution >= 4 is 40.1 Å². The van der Waals surface area contributed by atoms with Crippen molar-refractivity contribution in [2.75, 3.05) is 13.1 Å². The van der Waals surface area contributed by atoms with Gasteiger partial charge in [-0.3, -0.25) is 9.69 Å². The molecule has 0 radical (unpaired) electrons. The van der Waals surface area contributed by atoms with Gasteiger partial charge in [0.2, 0.25) is 0 Å². The number of nitrogens with zero attached hydrogens (tertiary/aromatic N) is 1. The van der Waals surface area contributed by atoms with E-state index < -0.39 is 0 Å². The predicted octanol–water partition coefficient (Wildman–Crippen LogP) is 5.55. The first kappa shape index (κ1) is 21.1. The maximum atomic E-state index is 12.7. The third-order valence-electron chi connectivity index (χ3n) is 6.46. The van der Waals surface area contributed by atoms with Crippen LogP contribution in [0.25, 0.3) is 0 Å². The summed E-state index contributed by atoms with van der Waals surface area (Å²) in [7, 11) is 0. The quantitative estimate of drug-likeness (QED) is 0.522. The van der Waals surface area contributed by atoms with E-state index in [1.54, 1.807) is 0 Å². The zero-order valence-corrected chi connectivity index (χ0v) is 19.5. The van der Waals surface area contributed by atoms with Crippen LogP contribution in [0, 0.1) is 9.49 Å². The van der Waals surface area contributed by atoms with Crippen molar-refractivity contribution in [2.45, 2.75) is 50.6 Å². The Morgan fingerprint density at radius 1 is 1.00 bits per heavy atom. The van der Waals surface area contributed by atoms with Crippen LogP contribution in [0.2, 0.25) is 5.02 Å². The number of carbonyl (C=O) groups excluding carboxylic acids is 1. The number of benzene rings is 2. The van der Waals surface area contributed by atoms with E-state index in [0.29, 0.717) is 6.04 Å². The van der Waals surface area contributed by atoms with E-state index >= 15 is 0 Å². The number of amides is 1. The summed E-state index contributed by atoms with van der Waals surface area (Å²) < 4.78 is 1.15. The van der Waals surface area contributed by atoms with Crippen LogP contribution in [0.3, 0.4) is 0 Å². The number of halogens is 2. The van der Waals surface area contributed by atoms with Crippen LogP contribution < -0.4 is 5.32 Å². The highest BCUT2D eigenvalue weighted by molar-refractivity contribution is 14.1. The molecule has 1 saturated heterocycles. The first-order valence-corrected chi connectivity index (χ1v) is 12.1. The molecule has 1 saturated carbocycles. The molecule has 1 aliphatic carbocycles. The van der Waals surface area contributed by atoms with Gasteiger partial charge >= 0.3 is 0 Å². The third kappa shape index (κ3) is 5.53. The number of piperidine rings is 1. The van der Waals surface area contributed by atoms with Crippen molar-refractivity contribution in [2.24, 2.45) is 5.92 Å². The summed E-state index contributed by atoms with van der Waals surface area (Å²) in [6.45, 7) is 2.28. The van der Waals surface area contributed by atoms with Crippen LogP contribution in [0.4, 0.5) is 0 Å². The summed E-state index contributed by atoms with van der Waals surface area (Å²) in [5, 5.41) is 4.13. The Labute approximate surface area is 192 Å². The maximum absolute atomic E-state index is 12.7. The van der Waals surface area contributed by atoms with E-state index in [9.17, 15) is 4.79 Å². The molecule has 1 aliphatic heterocycles. The van der Waals surface area contributed by atoms with Gasteiger partial charge in [-0.1, -0.05) is 23.7 Å². The molecular formula is C24H28ClIN2O. The van der Waals surface area contributed by atoms with Crippen molar-refractivity contribution in [3.05, 3.63) is 68.3 Å². The average Bonchev–Trinajstić information content (AvgIpc) is 3.19. The van der Waals surface area contributed by atoms with Crippen molar-refractivity contribution in [3.8, 4) is 0 Å². The van der Waals surface area contributed by atoms with Gasteiger partial charge in [-0.2, -0.15) is 0 Å². The standard InChI is InChI=1S/C24H28ClIN2O/c25-20-8-4-17(5-9-20)16-18-12-14-28(15-13-18)23-3-1-2-22(23)27-24(29)19-6-10-21(26)11-7-19/h4-11,18,22-23H,1-3,12-16H2,(H,27,29)/t22-,23-/m1/s1. The minimum atomic E-state index is 0.0657. The number of carbonyl (C=O) groups is 1. The molecule has 2 fully saturated rings. The second-order valence-electron chi connectivity index (χ2n) is 8.40. The van der Waals surface area contributed by atoms with E-state index in [0.717, 1.165) is 46.0 Å². The van der Waals surface area contributed by atoms with Crippen LogP contribution in [0.15, 0.2) is 48.5 Å². The lowest BCUT2D eigenvalue weighted by Crippen LogP contribution is -2.51. The number of hydrogen-bond donors (Lipinski definition) is 1. The van der Waals surface area contributed by atoms with Gasteiger partial charge < -0.3 is 5.32 Å². The summed E-state index contributed by atoms with van der Waals surface area (Å²) in [5.41, 5.74) is 2.15. The Bertz CT molecular complexity index is 816. The molecule has 2 aromatic rings. The summed E-state index contributed by atoms with van der Waals surface area (Å²) >= 11 is 8.27. The highest BCUT2D eigenvalue weighted by atomic mass is 127. The van der Waals surface area contributed by atoms with Gasteiger partial charge in [0, 0.05) is 26.2 Å². The topological polar surface area (TPSA) is 32.3 Å². The van der Waals surface area contributed by atoms with E-state index in [4.69, 9.17) is 11.6 Å². The van der Waals surface area contributed by atoms with E-state index in [2.05, 4.69) is 44.9 Å². The fourth-order valence-corrected chi connectivity index (χ4v) is 5.33. The zero-order chi connectivity index (χ0) is 20.2. The van der Waals surface area contributed by atoms with Crippen molar-refractivity contribution in [3.63, 3.8) is 0 Å². The van der Waals surface area contributed by atoms with Gasteiger partial charge in [0.25, 0.3) is 5.91 Å². The number of nitrogens with one attached hydrogen (secondary N) is 1. The molecule has 5 heteroatoms. The van der Waals surface area contributed by atoms with Gasteiger partial charge in [0.05, 0.1) is 0 Å². The smallest absolute Gasteiger partial charge is 0.251 e. The van der Waals surface area contributed by atoms with E-state index in [1.165, 1.54) is 31.2 Å². The largest absolute Gasteiger partial charge is 0.348 e. The molecule has 1 heterocycles. The molecule has 154 valence electrons. The molecule has 2 aliphatic rings. The van der Waals surface area contributed by atoms with Gasteiger partial charge in [-0.15, -0.1) is 0 Å². The Hall–Kier alpha value is -1.11. The van der Waals surface area contributed by atoms with Gasteiger partial charge in [0.15, 0.2) is 0 Å². The van der Waals surface area contributed by atoms with Crippen molar-refractivity contribution in [1.82, 2.24) is 10.2 Å². The molecule has 0 unspecified atom stereocenters. The molecule has 0 spiro atoms. The lowest BCUT2D eigenvalue weighted by atomic mass is 9.89. The van der Waals surface area contributed by atoms with Gasteiger partial charge in [-0.25, -0.2) is 0 Å². The number of rotatable bonds is 5. The summed E-state index contributed by atoms with van der Waals surface area (Å²) in [6.07, 6.45) is 7.09. The molecule has 1 amide bonds. The van der Waals surface area contributed by atoms with Crippen LogP contribution in [0.5, 0.6) is 0 Å². The molecule has 0 aromatic heterocycles. The monoisotopic (exact) mass is 522 g/mol. The van der Waals surface area contributed by atoms with Gasteiger partial charge in [-0.05, 0) is 122 Å².